The van der Waals surface area contributed by atoms with E-state index >= 15 is 0 Å². The lowest BCUT2D eigenvalue weighted by Gasteiger charge is -2.33. The Balaban J connectivity index is 1.47. The lowest BCUT2D eigenvalue weighted by atomic mass is 9.92. The summed E-state index contributed by atoms with van der Waals surface area (Å²) < 4.78 is 46.0. The summed E-state index contributed by atoms with van der Waals surface area (Å²) >= 11 is 0. The fraction of sp³-hybridized carbons (Fsp3) is 0.596. The number of amides is 12. The zero-order valence-corrected chi connectivity index (χ0v) is 76.5. The Morgan fingerprint density at radius 1 is 0.225 bits per heavy atom. The Kier molecular flexibility index (Phi) is 49.5. The second-order valence-electron chi connectivity index (χ2n) is 34.3. The molecule has 0 saturated heterocycles. The highest BCUT2D eigenvalue weighted by atomic mass is 16.6. The number of rotatable bonds is 60. The fourth-order valence-corrected chi connectivity index (χ4v) is 11.4. The summed E-state index contributed by atoms with van der Waals surface area (Å²) in [6.07, 6.45) is 1.94. The van der Waals surface area contributed by atoms with Crippen LogP contribution in [0.1, 0.15) is 237 Å². The number of ether oxygens (including phenoxy) is 8. The van der Waals surface area contributed by atoms with Crippen LogP contribution in [-0.2, 0) is 115 Å². The average molecular weight is 1810 g/mol. The Hall–Kier alpha value is -12.0. The van der Waals surface area contributed by atoms with Crippen LogP contribution in [0.5, 0.6) is 0 Å². The van der Waals surface area contributed by atoms with E-state index in [1.165, 1.54) is 48.5 Å². The summed E-state index contributed by atoms with van der Waals surface area (Å²) in [6, 6.07) is 18.3. The number of aromatic nitrogens is 4. The summed E-state index contributed by atoms with van der Waals surface area (Å²) in [4.78, 5) is 221. The van der Waals surface area contributed by atoms with E-state index in [0.717, 1.165) is 0 Å². The smallest absolute Gasteiger partial charge is 0.306 e. The van der Waals surface area contributed by atoms with Crippen molar-refractivity contribution in [3.8, 4) is 0 Å². The van der Waals surface area contributed by atoms with Crippen molar-refractivity contribution in [1.82, 2.24) is 41.2 Å². The van der Waals surface area contributed by atoms with Gasteiger partial charge < -0.3 is 102 Å². The summed E-state index contributed by atoms with van der Waals surface area (Å²) in [6.45, 7) is 20.2. The van der Waals surface area contributed by atoms with Crippen molar-refractivity contribution in [2.24, 2.45) is 5.41 Å². The van der Waals surface area contributed by atoms with Crippen molar-refractivity contribution in [1.29, 1.82) is 0 Å². The average Bonchev–Trinajstić information content (AvgIpc) is 0.802. The molecule has 40 heteroatoms. The van der Waals surface area contributed by atoms with E-state index in [9.17, 15) is 76.7 Å². The van der Waals surface area contributed by atoms with Gasteiger partial charge in [-0.3, -0.25) is 76.7 Å². The third kappa shape index (κ3) is 56.0. The molecule has 0 aliphatic rings. The van der Waals surface area contributed by atoms with Crippen LogP contribution in [0, 0.1) is 5.41 Å². The molecule has 0 fully saturated rings. The molecule has 129 heavy (non-hydrogen) atoms. The Morgan fingerprint density at radius 2 is 0.388 bits per heavy atom. The topological polar surface area (TPSA) is 543 Å². The van der Waals surface area contributed by atoms with Gasteiger partial charge in [0.15, 0.2) is 0 Å². The molecule has 12 amide bonds. The standard InChI is InChI=1S/C89H132N16O24/c1-85(2,3)126-81(118)41-21-49-90-69(106)33-17-37-73(110)98-61-25-13-29-65(94-61)102-77(114)45-53-122-57-89(58-123-54-46-78(115)103-66-30-14-26-62(95-66)99-74(111)38-18-34-70(107)91-50-22-42-82(119)127-86(4,5)6,59-124-55-47-79(116)104-67-31-15-27-63(96-67)100-75(112)39-19-35-71(108)92-51-23-43-83(120)128-87(7,8)9)60-125-56-48-80(117)105-68-32-16-28-64(97-68)101-76(113)40-20-36-72(109)93-52-24-44-84(121)129-88(10,11)12/h13-16,25-32H,17-24,33-60H2,1-12H3,(H,90,106)(H,91,107)(H,92,108)(H,93,109)(H2,94,98,102,110,114)(H2,95,99,103,111,115)(H2,96,100,104,112,116)(H2,97,101,105,113,117). The predicted molar refractivity (Wildman–Crippen MR) is 478 cm³/mol. The summed E-state index contributed by atoms with van der Waals surface area (Å²) in [5, 5.41) is 32.3. The summed E-state index contributed by atoms with van der Waals surface area (Å²) in [7, 11) is 0. The van der Waals surface area contributed by atoms with Gasteiger partial charge in [0.05, 0.1) is 84.0 Å². The highest BCUT2D eigenvalue weighted by molar-refractivity contribution is 5.96. The van der Waals surface area contributed by atoms with Crippen LogP contribution in [0.15, 0.2) is 72.8 Å². The first kappa shape index (κ1) is 109. The maximum absolute atomic E-state index is 13.6. The molecule has 712 valence electrons. The van der Waals surface area contributed by atoms with Crippen molar-refractivity contribution in [3.05, 3.63) is 72.8 Å². The molecule has 0 atom stereocenters. The number of nitrogens with zero attached hydrogens (tertiary/aromatic N) is 4. The van der Waals surface area contributed by atoms with Gasteiger partial charge in [0, 0.05) is 103 Å². The number of esters is 4. The van der Waals surface area contributed by atoms with E-state index in [1.807, 2.05) is 0 Å². The van der Waals surface area contributed by atoms with Gasteiger partial charge in [-0.2, -0.15) is 0 Å². The molecule has 0 unspecified atom stereocenters. The molecule has 0 aliphatic carbocycles. The van der Waals surface area contributed by atoms with Crippen molar-refractivity contribution in [2.75, 3.05) is 122 Å². The van der Waals surface area contributed by atoms with Crippen LogP contribution in [0.4, 0.5) is 46.5 Å². The molecule has 0 aliphatic heterocycles. The van der Waals surface area contributed by atoms with Gasteiger partial charge in [0.1, 0.15) is 68.9 Å². The highest BCUT2D eigenvalue weighted by Gasteiger charge is 2.34. The van der Waals surface area contributed by atoms with Gasteiger partial charge in [-0.05, 0) is 183 Å². The maximum atomic E-state index is 13.6. The third-order valence-electron chi connectivity index (χ3n) is 17.1. The lowest BCUT2D eigenvalue weighted by Crippen LogP contribution is -2.42. The van der Waals surface area contributed by atoms with E-state index in [-0.39, 0.29) is 301 Å². The van der Waals surface area contributed by atoms with Crippen LogP contribution < -0.4 is 63.8 Å². The summed E-state index contributed by atoms with van der Waals surface area (Å²) in [5.41, 5.74) is -3.84. The first-order valence-corrected chi connectivity index (χ1v) is 43.5. The Bertz CT molecular complexity index is 3790. The molecule has 0 spiro atoms. The number of pyridine rings is 4. The third-order valence-corrected chi connectivity index (χ3v) is 17.1. The van der Waals surface area contributed by atoms with Crippen LogP contribution in [0.2, 0.25) is 0 Å². The molecule has 0 saturated carbocycles. The SMILES string of the molecule is CC(C)(C)OC(=O)CCCNC(=O)CCCC(=O)Nc1cccc(NC(=O)CCOCC(COCCC(=O)Nc2cccc(NC(=O)CCCC(=O)NCCCC(=O)OC(C)(C)C)n2)(COCCC(=O)Nc2cccc(NC(=O)CCCC(=O)NCCCC(=O)OC(C)(C)C)n2)COCCC(=O)Nc2cccc(NC(=O)CCCC(=O)NCCCC(=O)OC(C)(C)C)n2)n1. The monoisotopic (exact) mass is 1810 g/mol. The second-order valence-corrected chi connectivity index (χ2v) is 34.3. The number of hydrogen-bond acceptors (Lipinski definition) is 28. The second kappa shape index (κ2) is 58.4. The van der Waals surface area contributed by atoms with E-state index < -0.39 is 75.1 Å². The van der Waals surface area contributed by atoms with Crippen LogP contribution in [-0.4, -0.2) is 216 Å². The molecule has 4 rings (SSSR count). The first-order valence-electron chi connectivity index (χ1n) is 43.5. The van der Waals surface area contributed by atoms with Gasteiger partial charge in [-0.1, -0.05) is 24.3 Å². The number of nitrogens with one attached hydrogen (secondary N) is 12. The van der Waals surface area contributed by atoms with Gasteiger partial charge >= 0.3 is 23.9 Å². The Morgan fingerprint density at radius 3 is 0.558 bits per heavy atom. The first-order chi connectivity index (χ1) is 60.9. The molecular formula is C89H132N16O24. The fourth-order valence-electron chi connectivity index (χ4n) is 11.4. The van der Waals surface area contributed by atoms with Crippen LogP contribution in [0.3, 0.4) is 0 Å². The van der Waals surface area contributed by atoms with E-state index in [0.29, 0.717) is 25.7 Å². The predicted octanol–water partition coefficient (Wildman–Crippen LogP) is 9.12. The molecular weight excluding hydrogens is 1680 g/mol. The normalized spacial score (nSPS) is 11.4. The van der Waals surface area contributed by atoms with E-state index in [4.69, 9.17) is 37.9 Å². The molecule has 4 heterocycles. The highest BCUT2D eigenvalue weighted by Crippen LogP contribution is 2.24. The van der Waals surface area contributed by atoms with Crippen molar-refractivity contribution in [2.45, 2.75) is 260 Å². The lowest BCUT2D eigenvalue weighted by molar-refractivity contribution is -0.156. The Labute approximate surface area is 753 Å². The number of carbonyl (C=O) groups is 16. The van der Waals surface area contributed by atoms with E-state index in [2.05, 4.69) is 83.7 Å². The largest absolute Gasteiger partial charge is 0.460 e. The zero-order chi connectivity index (χ0) is 95.3. The quantitative estimate of drug-likeness (QED) is 0.0111. The molecule has 4 aromatic heterocycles. The number of anilines is 8. The molecule has 12 N–H and O–H groups in total. The zero-order valence-electron chi connectivity index (χ0n) is 76.5. The van der Waals surface area contributed by atoms with Gasteiger partial charge in [-0.25, -0.2) is 19.9 Å². The number of carbonyl (C=O) groups excluding carboxylic acids is 16. The van der Waals surface area contributed by atoms with Crippen LogP contribution >= 0.6 is 0 Å². The maximum Gasteiger partial charge on any atom is 0.306 e. The molecule has 0 bridgehead atoms. The minimum absolute atomic E-state index is 0.0284. The van der Waals surface area contributed by atoms with Gasteiger partial charge in [0.2, 0.25) is 70.9 Å². The van der Waals surface area contributed by atoms with Crippen molar-refractivity contribution < 1.29 is 115 Å². The number of hydrogen-bond donors (Lipinski definition) is 12. The van der Waals surface area contributed by atoms with Crippen LogP contribution in [0.25, 0.3) is 0 Å². The van der Waals surface area contributed by atoms with E-state index in [1.54, 1.807) is 107 Å². The molecule has 0 radical (unpaired) electrons. The molecule has 4 aromatic rings. The minimum atomic E-state index is -1.34. The van der Waals surface area contributed by atoms with Gasteiger partial charge in [0.25, 0.3) is 0 Å². The molecule has 40 nitrogen and oxygen atoms in total. The summed E-state index contributed by atoms with van der Waals surface area (Å²) in [5.74, 6) is -5.88. The minimum Gasteiger partial charge on any atom is -0.460 e. The molecule has 0 aromatic carbocycles. The van der Waals surface area contributed by atoms with Crippen molar-refractivity contribution >= 4 is 141 Å². The van der Waals surface area contributed by atoms with Crippen molar-refractivity contribution in [3.63, 3.8) is 0 Å². The van der Waals surface area contributed by atoms with Gasteiger partial charge in [-0.15, -0.1) is 0 Å².